The van der Waals surface area contributed by atoms with E-state index >= 15 is 0 Å². The summed E-state index contributed by atoms with van der Waals surface area (Å²) >= 11 is 0. The molecular weight excluding hydrogens is 613 g/mol. The topological polar surface area (TPSA) is 117 Å². The summed E-state index contributed by atoms with van der Waals surface area (Å²) in [7, 11) is -4.27. The molecule has 0 aliphatic heterocycles. The van der Waals surface area contributed by atoms with Crippen molar-refractivity contribution in [3.8, 4) is 0 Å². The molecule has 0 fully saturated rings. The average molecular weight is 690 g/mol. The van der Waals surface area contributed by atoms with Crippen LogP contribution in [0.2, 0.25) is 0 Å². The van der Waals surface area contributed by atoms with Crippen LogP contribution < -0.4 is 5.73 Å². The summed E-state index contributed by atoms with van der Waals surface area (Å²) in [6.45, 7) is 4.92. The molecule has 0 saturated heterocycles. The van der Waals surface area contributed by atoms with Gasteiger partial charge < -0.3 is 20.1 Å². The molecule has 8 nitrogen and oxygen atoms in total. The largest absolute Gasteiger partial charge is 0.472 e. The lowest BCUT2D eigenvalue weighted by Crippen LogP contribution is -2.28. The van der Waals surface area contributed by atoms with E-state index in [0.717, 1.165) is 32.1 Å². The molecule has 0 saturated carbocycles. The van der Waals surface area contributed by atoms with Gasteiger partial charge in [-0.15, -0.1) is 0 Å². The molecule has 0 amide bonds. The Kier molecular flexibility index (Phi) is 35.9. The van der Waals surface area contributed by atoms with Crippen molar-refractivity contribution in [3.63, 3.8) is 0 Å². The van der Waals surface area contributed by atoms with Gasteiger partial charge >= 0.3 is 13.8 Å². The second-order valence-electron chi connectivity index (χ2n) is 13.1. The summed E-state index contributed by atoms with van der Waals surface area (Å²) in [6, 6.07) is 0. The zero-order valence-corrected chi connectivity index (χ0v) is 31.7. The van der Waals surface area contributed by atoms with Gasteiger partial charge in [0.1, 0.15) is 6.10 Å². The first-order chi connectivity index (χ1) is 22.9. The number of phosphoric acid groups is 1. The zero-order chi connectivity index (χ0) is 34.5. The van der Waals surface area contributed by atoms with Crippen molar-refractivity contribution in [3.05, 3.63) is 12.2 Å². The quantitative estimate of drug-likeness (QED) is 0.0285. The van der Waals surface area contributed by atoms with Crippen LogP contribution in [-0.2, 0) is 27.9 Å². The molecule has 0 radical (unpaired) electrons. The first-order valence-corrected chi connectivity index (χ1v) is 21.2. The molecule has 0 bridgehead atoms. The Hall–Kier alpha value is -0.760. The third kappa shape index (κ3) is 36.3. The fourth-order valence-corrected chi connectivity index (χ4v) is 6.29. The fourth-order valence-electron chi connectivity index (χ4n) is 5.52. The van der Waals surface area contributed by atoms with E-state index in [1.165, 1.54) is 135 Å². The van der Waals surface area contributed by atoms with Crippen molar-refractivity contribution >= 4 is 13.8 Å². The van der Waals surface area contributed by atoms with Crippen LogP contribution in [0.4, 0.5) is 0 Å². The maximum atomic E-state index is 12.5. The summed E-state index contributed by atoms with van der Waals surface area (Å²) < 4.78 is 33.3. The normalized spacial score (nSPS) is 13.7. The van der Waals surface area contributed by atoms with E-state index in [9.17, 15) is 14.3 Å². The van der Waals surface area contributed by atoms with Gasteiger partial charge in [-0.25, -0.2) is 4.57 Å². The van der Waals surface area contributed by atoms with Gasteiger partial charge in [0.2, 0.25) is 0 Å². The monoisotopic (exact) mass is 690 g/mol. The molecule has 0 aliphatic carbocycles. The van der Waals surface area contributed by atoms with Crippen LogP contribution in [0, 0.1) is 0 Å². The Labute approximate surface area is 290 Å². The number of allylic oxidation sites excluding steroid dienone is 2. The van der Waals surface area contributed by atoms with E-state index < -0.39 is 13.9 Å². The Morgan fingerprint density at radius 1 is 0.617 bits per heavy atom. The molecule has 0 rings (SSSR count). The molecular formula is C38H76NO7P. The molecule has 2 atom stereocenters. The minimum Gasteiger partial charge on any atom is -0.457 e. The van der Waals surface area contributed by atoms with Crippen LogP contribution >= 0.6 is 7.82 Å². The van der Waals surface area contributed by atoms with E-state index in [1.54, 1.807) is 0 Å². The molecule has 2 unspecified atom stereocenters. The summed E-state index contributed by atoms with van der Waals surface area (Å²) in [5, 5.41) is 0. The Bertz CT molecular complexity index is 737. The standard InChI is InChI=1S/C38H76NO7P/c1-3-5-7-9-11-13-15-17-19-21-23-25-27-29-31-38(40)46-37(36-45-47(41,42)44-34-32-39)35-43-33-30-28-26-24-22-20-18-16-14-12-10-8-6-4-2/h14,16,37H,3-13,15,17-36,39H2,1-2H3,(H,41,42)/b16-14-. The highest BCUT2D eigenvalue weighted by atomic mass is 31.2. The fraction of sp³-hybridized carbons (Fsp3) is 0.921. The Balaban J connectivity index is 4.06. The zero-order valence-electron chi connectivity index (χ0n) is 30.8. The summed E-state index contributed by atoms with van der Waals surface area (Å²) in [5.74, 6) is -0.330. The lowest BCUT2D eigenvalue weighted by molar-refractivity contribution is -0.154. The van der Waals surface area contributed by atoms with Crippen LogP contribution in [-0.4, -0.2) is 49.9 Å². The molecule has 3 N–H and O–H groups in total. The van der Waals surface area contributed by atoms with Crippen LogP contribution in [0.1, 0.15) is 187 Å². The van der Waals surface area contributed by atoms with Crippen molar-refractivity contribution in [2.24, 2.45) is 5.73 Å². The molecule has 280 valence electrons. The van der Waals surface area contributed by atoms with Crippen LogP contribution in [0.5, 0.6) is 0 Å². The summed E-state index contributed by atoms with van der Waals surface area (Å²) in [5.41, 5.74) is 5.35. The first-order valence-electron chi connectivity index (χ1n) is 19.7. The number of hydrogen-bond acceptors (Lipinski definition) is 7. The van der Waals surface area contributed by atoms with Gasteiger partial charge in [0, 0.05) is 19.6 Å². The van der Waals surface area contributed by atoms with Gasteiger partial charge in [-0.1, -0.05) is 154 Å². The van der Waals surface area contributed by atoms with Crippen molar-refractivity contribution in [1.82, 2.24) is 0 Å². The predicted molar refractivity (Wildman–Crippen MR) is 197 cm³/mol. The third-order valence-corrected chi connectivity index (χ3v) is 9.42. The molecule has 9 heteroatoms. The Morgan fingerprint density at radius 3 is 1.57 bits per heavy atom. The molecule has 0 aliphatic rings. The van der Waals surface area contributed by atoms with Gasteiger partial charge in [-0.3, -0.25) is 13.8 Å². The molecule has 0 aromatic rings. The molecule has 0 aromatic heterocycles. The van der Waals surface area contributed by atoms with Crippen LogP contribution in [0.15, 0.2) is 12.2 Å². The highest BCUT2D eigenvalue weighted by Gasteiger charge is 2.25. The Morgan fingerprint density at radius 2 is 1.06 bits per heavy atom. The number of rotatable bonds is 38. The predicted octanol–water partition coefficient (Wildman–Crippen LogP) is 11.1. The van der Waals surface area contributed by atoms with E-state index in [2.05, 4.69) is 26.0 Å². The smallest absolute Gasteiger partial charge is 0.457 e. The van der Waals surface area contributed by atoms with E-state index in [4.69, 9.17) is 24.3 Å². The maximum absolute atomic E-state index is 12.5. The number of carbonyl (C=O) groups is 1. The summed E-state index contributed by atoms with van der Waals surface area (Å²) in [6.07, 6.45) is 36.4. The second-order valence-corrected chi connectivity index (χ2v) is 14.6. The van der Waals surface area contributed by atoms with E-state index in [1.807, 2.05) is 0 Å². The van der Waals surface area contributed by atoms with Crippen molar-refractivity contribution in [2.45, 2.75) is 193 Å². The second kappa shape index (κ2) is 36.5. The number of carbonyl (C=O) groups excluding carboxylic acids is 1. The number of nitrogens with two attached hydrogens (primary N) is 1. The van der Waals surface area contributed by atoms with Gasteiger partial charge in [0.05, 0.1) is 19.8 Å². The van der Waals surface area contributed by atoms with Crippen molar-refractivity contribution in [1.29, 1.82) is 0 Å². The minimum atomic E-state index is -4.27. The molecule has 0 aromatic carbocycles. The maximum Gasteiger partial charge on any atom is 0.472 e. The number of ether oxygens (including phenoxy) is 2. The molecule has 0 spiro atoms. The van der Waals surface area contributed by atoms with Gasteiger partial charge in [-0.05, 0) is 38.5 Å². The first kappa shape index (κ1) is 46.2. The average Bonchev–Trinajstić information content (AvgIpc) is 3.06. The third-order valence-electron chi connectivity index (χ3n) is 8.43. The minimum absolute atomic E-state index is 0.0936. The highest BCUT2D eigenvalue weighted by Crippen LogP contribution is 2.43. The van der Waals surface area contributed by atoms with Gasteiger partial charge in [0.15, 0.2) is 0 Å². The van der Waals surface area contributed by atoms with Crippen LogP contribution in [0.25, 0.3) is 0 Å². The lowest BCUT2D eigenvalue weighted by atomic mass is 10.0. The summed E-state index contributed by atoms with van der Waals surface area (Å²) in [4.78, 5) is 22.4. The number of phosphoric ester groups is 1. The molecule has 0 heterocycles. The number of hydrogen-bond donors (Lipinski definition) is 2. The SMILES string of the molecule is CCCCCC/C=C\CCCCCCCCOCC(COP(=O)(O)OCCN)OC(=O)CCCCCCCCCCCCCCCC. The number of unbranched alkanes of at least 4 members (excludes halogenated alkanes) is 23. The van der Waals surface area contributed by atoms with Crippen molar-refractivity contribution in [2.75, 3.05) is 33.0 Å². The van der Waals surface area contributed by atoms with Crippen molar-refractivity contribution < 1.29 is 32.8 Å². The van der Waals surface area contributed by atoms with E-state index in [0.29, 0.717) is 13.0 Å². The molecule has 47 heavy (non-hydrogen) atoms. The van der Waals surface area contributed by atoms with Crippen LogP contribution in [0.3, 0.4) is 0 Å². The lowest BCUT2D eigenvalue weighted by Gasteiger charge is -2.20. The van der Waals surface area contributed by atoms with E-state index in [-0.39, 0.29) is 32.3 Å². The number of esters is 1. The van der Waals surface area contributed by atoms with Gasteiger partial charge in [-0.2, -0.15) is 0 Å². The highest BCUT2D eigenvalue weighted by molar-refractivity contribution is 7.47. The van der Waals surface area contributed by atoms with Gasteiger partial charge in [0.25, 0.3) is 0 Å².